The van der Waals surface area contributed by atoms with Gasteiger partial charge in [-0.05, 0) is 128 Å². The summed E-state index contributed by atoms with van der Waals surface area (Å²) in [7, 11) is 1.54. The molecule has 6 nitrogen and oxygen atoms in total. The number of aliphatic carboxylic acids is 1. The molecule has 0 bridgehead atoms. The molecule has 0 aromatic rings. The first kappa shape index (κ1) is 31.9. The van der Waals surface area contributed by atoms with Gasteiger partial charge in [0.15, 0.2) is 5.78 Å². The lowest BCUT2D eigenvalue weighted by Crippen LogP contribution is -2.66. The Hall–Kier alpha value is -1.53. The van der Waals surface area contributed by atoms with Crippen LogP contribution in [0.3, 0.4) is 0 Å². The molecule has 6 heteroatoms. The highest BCUT2D eigenvalue weighted by atomic mass is 16.6. The zero-order valence-corrected chi connectivity index (χ0v) is 27.7. The van der Waals surface area contributed by atoms with E-state index in [1.54, 1.807) is 0 Å². The maximum Gasteiger partial charge on any atom is 0.309 e. The molecule has 5 rings (SSSR count). The Morgan fingerprint density at radius 2 is 1.67 bits per heavy atom. The van der Waals surface area contributed by atoms with Crippen molar-refractivity contribution in [1.82, 2.24) is 5.48 Å². The van der Waals surface area contributed by atoms with Crippen molar-refractivity contribution in [3.8, 4) is 0 Å². The topological polar surface area (TPSA) is 92.7 Å². The number of allylic oxidation sites excluding steroid dienone is 2. The van der Waals surface area contributed by atoms with Crippen LogP contribution < -0.4 is 5.48 Å². The van der Waals surface area contributed by atoms with Gasteiger partial charge in [0, 0.05) is 12.3 Å². The summed E-state index contributed by atoms with van der Waals surface area (Å²) in [6, 6.07) is 0. The van der Waals surface area contributed by atoms with Gasteiger partial charge in [0.2, 0.25) is 0 Å². The maximum atomic E-state index is 14.5. The second-order valence-electron chi connectivity index (χ2n) is 17.1. The Bertz CT molecular complexity index is 1160. The van der Waals surface area contributed by atoms with Gasteiger partial charge in [-0.2, -0.15) is 5.48 Å². The number of rotatable bonds is 8. The van der Waals surface area contributed by atoms with Crippen LogP contribution in [0, 0.1) is 56.2 Å². The van der Waals surface area contributed by atoms with Crippen LogP contribution in [0.4, 0.5) is 0 Å². The number of Topliss-reactive ketones (excluding diaryl/α,β-unsaturated/α-hetero) is 1. The summed E-state index contributed by atoms with van der Waals surface area (Å²) in [5.74, 6) is 0.994. The minimum Gasteiger partial charge on any atom is -0.481 e. The van der Waals surface area contributed by atoms with E-state index < -0.39 is 11.4 Å². The van der Waals surface area contributed by atoms with Gasteiger partial charge in [-0.25, -0.2) is 0 Å². The molecule has 236 valence electrons. The largest absolute Gasteiger partial charge is 0.481 e. The molecule has 0 heterocycles. The first-order valence-corrected chi connectivity index (χ1v) is 16.8. The van der Waals surface area contributed by atoms with Crippen molar-refractivity contribution in [3.05, 3.63) is 11.6 Å². The monoisotopic (exact) mass is 583 g/mol. The molecule has 0 spiro atoms. The molecule has 2 N–H and O–H groups in total. The average Bonchev–Trinajstić information content (AvgIpc) is 2.90. The zero-order valence-electron chi connectivity index (χ0n) is 27.7. The molecule has 5 aliphatic rings. The first-order chi connectivity index (χ1) is 19.5. The lowest BCUT2D eigenvalue weighted by molar-refractivity contribution is -0.194. The van der Waals surface area contributed by atoms with Crippen LogP contribution in [0.1, 0.15) is 126 Å². The van der Waals surface area contributed by atoms with Gasteiger partial charge in [-0.15, -0.1) is 0 Å². The molecule has 9 unspecified atom stereocenters. The van der Waals surface area contributed by atoms with E-state index in [1.165, 1.54) is 12.7 Å². The summed E-state index contributed by atoms with van der Waals surface area (Å²) in [6.07, 6.45) is 13.5. The van der Waals surface area contributed by atoms with E-state index >= 15 is 0 Å². The van der Waals surface area contributed by atoms with Gasteiger partial charge in [-0.1, -0.05) is 47.1 Å². The van der Waals surface area contributed by atoms with Gasteiger partial charge in [0.05, 0.1) is 19.1 Å². The Morgan fingerprint density at radius 1 is 0.976 bits per heavy atom. The molecule has 9 atom stereocenters. The van der Waals surface area contributed by atoms with E-state index in [1.807, 2.05) is 6.92 Å². The fourth-order valence-electron chi connectivity index (χ4n) is 11.8. The smallest absolute Gasteiger partial charge is 0.309 e. The Balaban J connectivity index is 1.43. The number of fused-ring (bicyclic) bond motifs is 7. The Morgan fingerprint density at radius 3 is 2.33 bits per heavy atom. The summed E-state index contributed by atoms with van der Waals surface area (Å²) in [5, 5.41) is 10.2. The summed E-state index contributed by atoms with van der Waals surface area (Å²) in [6.45, 7) is 16.7. The second kappa shape index (κ2) is 10.5. The standard InChI is InChI=1S/C36H57NO5/c1-31(2)23(10-9-11-24(38)22-37-42-8)12-14-34(5)28(31)13-15-36(7)29(34)27(39)20-25-26-21-33(4,30(40)41)17-16-32(26,3)18-19-35(25,36)6/h20,23,26,28-29,37H,9-19,21-22H2,1-8H3,(H,40,41). The van der Waals surface area contributed by atoms with Crippen molar-refractivity contribution < 1.29 is 24.3 Å². The third-order valence-electron chi connectivity index (χ3n) is 14.8. The van der Waals surface area contributed by atoms with Gasteiger partial charge < -0.3 is 9.94 Å². The molecule has 0 saturated heterocycles. The molecule has 0 aromatic heterocycles. The van der Waals surface area contributed by atoms with Crippen LogP contribution in [0.5, 0.6) is 0 Å². The van der Waals surface area contributed by atoms with E-state index in [0.717, 1.165) is 64.2 Å². The van der Waals surface area contributed by atoms with E-state index in [9.17, 15) is 19.5 Å². The van der Waals surface area contributed by atoms with Gasteiger partial charge in [0.25, 0.3) is 0 Å². The van der Waals surface area contributed by atoms with Crippen molar-refractivity contribution in [2.24, 2.45) is 56.2 Å². The van der Waals surface area contributed by atoms with Crippen molar-refractivity contribution >= 4 is 17.5 Å². The predicted octanol–water partition coefficient (Wildman–Crippen LogP) is 7.56. The van der Waals surface area contributed by atoms with Crippen LogP contribution >= 0.6 is 0 Å². The van der Waals surface area contributed by atoms with E-state index in [0.29, 0.717) is 30.5 Å². The Labute approximate surface area is 254 Å². The quantitative estimate of drug-likeness (QED) is 0.287. The van der Waals surface area contributed by atoms with Crippen LogP contribution in [-0.4, -0.2) is 36.3 Å². The maximum absolute atomic E-state index is 14.5. The van der Waals surface area contributed by atoms with E-state index in [4.69, 9.17) is 4.84 Å². The van der Waals surface area contributed by atoms with Gasteiger partial charge >= 0.3 is 5.97 Å². The van der Waals surface area contributed by atoms with Crippen molar-refractivity contribution in [1.29, 1.82) is 0 Å². The summed E-state index contributed by atoms with van der Waals surface area (Å²) >= 11 is 0. The lowest BCUT2D eigenvalue weighted by Gasteiger charge is -2.70. The molecule has 42 heavy (non-hydrogen) atoms. The number of carbonyl (C=O) groups excluding carboxylic acids is 2. The second-order valence-corrected chi connectivity index (χ2v) is 17.1. The van der Waals surface area contributed by atoms with Gasteiger partial charge in [0.1, 0.15) is 5.78 Å². The molecule has 4 fully saturated rings. The summed E-state index contributed by atoms with van der Waals surface area (Å²) in [5.41, 5.74) is 3.14. The molecular weight excluding hydrogens is 526 g/mol. The summed E-state index contributed by atoms with van der Waals surface area (Å²) in [4.78, 5) is 44.0. The van der Waals surface area contributed by atoms with Crippen molar-refractivity contribution in [2.75, 3.05) is 13.7 Å². The SMILES string of the molecule is CONCC(=O)CCCC1CCC2(C)C(CCC3(C)C2C(=O)C=C2C4CC(C)(C(=O)O)CCC4(C)CCC23C)C1(C)C. The van der Waals surface area contributed by atoms with Crippen molar-refractivity contribution in [3.63, 3.8) is 0 Å². The molecule has 4 saturated carbocycles. The molecule has 5 aliphatic carbocycles. The third-order valence-corrected chi connectivity index (χ3v) is 14.8. The van der Waals surface area contributed by atoms with E-state index in [2.05, 4.69) is 53.1 Å². The minimum absolute atomic E-state index is 0.00164. The molecule has 0 aromatic carbocycles. The van der Waals surface area contributed by atoms with E-state index in [-0.39, 0.29) is 51.2 Å². The Kier molecular flexibility index (Phi) is 8.00. The van der Waals surface area contributed by atoms with Crippen molar-refractivity contribution in [2.45, 2.75) is 126 Å². The molecule has 0 aliphatic heterocycles. The fraction of sp³-hybridized carbons (Fsp3) is 0.861. The number of carboxylic acids is 1. The lowest BCUT2D eigenvalue weighted by atomic mass is 9.33. The number of carboxylic acid groups (broad SMARTS) is 1. The third kappa shape index (κ3) is 4.59. The first-order valence-electron chi connectivity index (χ1n) is 16.8. The van der Waals surface area contributed by atoms with Gasteiger partial charge in [-0.3, -0.25) is 14.4 Å². The molecule has 0 radical (unpaired) electrons. The van der Waals surface area contributed by atoms with Crippen LogP contribution in [0.15, 0.2) is 11.6 Å². The highest BCUT2D eigenvalue weighted by molar-refractivity contribution is 5.95. The average molecular weight is 584 g/mol. The highest BCUT2D eigenvalue weighted by Crippen LogP contribution is 2.75. The minimum atomic E-state index is -0.721. The number of ketones is 2. The number of hydroxylamine groups is 1. The number of nitrogens with one attached hydrogen (secondary N) is 1. The zero-order chi connectivity index (χ0) is 30.9. The highest BCUT2D eigenvalue weighted by Gasteiger charge is 2.70. The van der Waals surface area contributed by atoms with Crippen LogP contribution in [-0.2, 0) is 19.2 Å². The van der Waals surface area contributed by atoms with Crippen LogP contribution in [0.25, 0.3) is 0 Å². The van der Waals surface area contributed by atoms with Crippen LogP contribution in [0.2, 0.25) is 0 Å². The molecule has 0 amide bonds. The normalized spacial score (nSPS) is 46.0. The number of carbonyl (C=O) groups is 3. The summed E-state index contributed by atoms with van der Waals surface area (Å²) < 4.78 is 0. The number of hydrogen-bond acceptors (Lipinski definition) is 5. The fourth-order valence-corrected chi connectivity index (χ4v) is 11.8. The number of hydrogen-bond donors (Lipinski definition) is 2. The predicted molar refractivity (Wildman–Crippen MR) is 164 cm³/mol. The molecular formula is C36H57NO5.